The Balaban J connectivity index is 2.25. The second-order valence-electron chi connectivity index (χ2n) is 7.72. The molecule has 25 heavy (non-hydrogen) atoms. The van der Waals surface area contributed by atoms with Crippen molar-refractivity contribution in [1.29, 1.82) is 0 Å². The van der Waals surface area contributed by atoms with E-state index in [0.29, 0.717) is 4.90 Å². The predicted molar refractivity (Wildman–Crippen MR) is 103 cm³/mol. The Morgan fingerprint density at radius 1 is 1.32 bits per heavy atom. The predicted octanol–water partition coefficient (Wildman–Crippen LogP) is 5.13. The van der Waals surface area contributed by atoms with E-state index in [1.165, 1.54) is 0 Å². The Kier molecular flexibility index (Phi) is 6.50. The van der Waals surface area contributed by atoms with Crippen molar-refractivity contribution in [1.82, 2.24) is 0 Å². The number of carbonyl (C=O) groups is 1. The molecule has 1 unspecified atom stereocenters. The maximum Gasteiger partial charge on any atom is 0.307 e. The van der Waals surface area contributed by atoms with Gasteiger partial charge in [0, 0.05) is 10.3 Å². The van der Waals surface area contributed by atoms with Crippen LogP contribution in [0, 0.1) is 12.3 Å². The zero-order valence-electron chi connectivity index (χ0n) is 15.4. The summed E-state index contributed by atoms with van der Waals surface area (Å²) in [4.78, 5) is 13.1. The summed E-state index contributed by atoms with van der Waals surface area (Å²) in [5, 5.41) is 0. The largest absolute Gasteiger partial charge is 0.460 e. The van der Waals surface area contributed by atoms with Crippen molar-refractivity contribution in [3.8, 4) is 0 Å². The van der Waals surface area contributed by atoms with E-state index in [0.717, 1.165) is 24.8 Å². The fraction of sp³-hybridized carbons (Fsp3) is 0.550. The van der Waals surface area contributed by atoms with Crippen molar-refractivity contribution in [3.63, 3.8) is 0 Å². The Labute approximate surface area is 158 Å². The number of allylic oxidation sites excluding steroid dienone is 2. The van der Waals surface area contributed by atoms with Crippen molar-refractivity contribution in [2.24, 2.45) is 5.41 Å². The maximum atomic E-state index is 13.0. The molecule has 5 heteroatoms. The van der Waals surface area contributed by atoms with E-state index in [4.69, 9.17) is 16.3 Å². The molecule has 0 heterocycles. The molecule has 0 N–H and O–H groups in total. The molecule has 0 aliphatic heterocycles. The highest BCUT2D eigenvalue weighted by Crippen LogP contribution is 2.44. The third-order valence-electron chi connectivity index (χ3n) is 4.25. The highest BCUT2D eigenvalue weighted by Gasteiger charge is 2.43. The monoisotopic (exact) mass is 382 g/mol. The minimum Gasteiger partial charge on any atom is -0.460 e. The summed E-state index contributed by atoms with van der Waals surface area (Å²) in [6, 6.07) is 7.53. The number of aryl methyl sites for hydroxylation is 1. The van der Waals surface area contributed by atoms with Gasteiger partial charge in [-0.15, -0.1) is 11.6 Å². The number of esters is 1. The maximum absolute atomic E-state index is 13.0. The van der Waals surface area contributed by atoms with Gasteiger partial charge >= 0.3 is 5.97 Å². The fourth-order valence-corrected chi connectivity index (χ4v) is 4.94. The van der Waals surface area contributed by atoms with E-state index in [-0.39, 0.29) is 12.4 Å². The van der Waals surface area contributed by atoms with Crippen LogP contribution in [0.4, 0.5) is 0 Å². The molecular weight excluding hydrogens is 356 g/mol. The quantitative estimate of drug-likeness (QED) is 0.403. The molecule has 1 aromatic carbocycles. The molecule has 3 nitrogen and oxygen atoms in total. The zero-order valence-corrected chi connectivity index (χ0v) is 17.0. The number of rotatable bonds is 5. The van der Waals surface area contributed by atoms with E-state index < -0.39 is 26.5 Å². The minimum atomic E-state index is -1.41. The molecule has 1 aliphatic carbocycles. The first-order valence-electron chi connectivity index (χ1n) is 8.64. The average Bonchev–Trinajstić information content (AvgIpc) is 2.53. The van der Waals surface area contributed by atoms with E-state index >= 15 is 0 Å². The topological polar surface area (TPSA) is 43.4 Å². The summed E-state index contributed by atoms with van der Waals surface area (Å²) < 4.78 is 17.8. The molecule has 138 valence electrons. The van der Waals surface area contributed by atoms with Crippen LogP contribution in [0.25, 0.3) is 0 Å². The van der Waals surface area contributed by atoms with E-state index in [2.05, 4.69) is 0 Å². The number of benzene rings is 1. The molecule has 0 amide bonds. The normalized spacial score (nSPS) is 23.1. The molecule has 0 aromatic heterocycles. The van der Waals surface area contributed by atoms with Gasteiger partial charge < -0.3 is 4.74 Å². The lowest BCUT2D eigenvalue weighted by molar-refractivity contribution is -0.157. The summed E-state index contributed by atoms with van der Waals surface area (Å²) in [7, 11) is -1.41. The Hall–Kier alpha value is -1.13. The van der Waals surface area contributed by atoms with Gasteiger partial charge in [-0.25, -0.2) is 0 Å². The second kappa shape index (κ2) is 8.05. The Bertz CT molecular complexity index is 661. The van der Waals surface area contributed by atoms with Gasteiger partial charge in [0.05, 0.1) is 17.2 Å². The van der Waals surface area contributed by atoms with Crippen molar-refractivity contribution in [2.75, 3.05) is 0 Å². The van der Waals surface area contributed by atoms with Gasteiger partial charge in [0.2, 0.25) is 0 Å². The fourth-order valence-electron chi connectivity index (χ4n) is 3.02. The number of ether oxygens (including phenoxy) is 1. The molecular formula is C20H27ClO3S. The molecule has 0 saturated carbocycles. The molecule has 0 radical (unpaired) electrons. The first kappa shape index (κ1) is 20.2. The van der Waals surface area contributed by atoms with Gasteiger partial charge in [0.15, 0.2) is 0 Å². The van der Waals surface area contributed by atoms with E-state index in [1.54, 1.807) is 0 Å². The van der Waals surface area contributed by atoms with Gasteiger partial charge in [-0.3, -0.25) is 9.00 Å². The van der Waals surface area contributed by atoms with Gasteiger partial charge in [-0.2, -0.15) is 0 Å². The minimum absolute atomic E-state index is 0.145. The molecule has 1 aliphatic rings. The lowest BCUT2D eigenvalue weighted by atomic mass is 9.77. The number of alkyl halides is 1. The Morgan fingerprint density at radius 2 is 1.96 bits per heavy atom. The summed E-state index contributed by atoms with van der Waals surface area (Å²) in [6.45, 7) is 7.52. The molecule has 0 fully saturated rings. The highest BCUT2D eigenvalue weighted by atomic mass is 35.5. The third-order valence-corrected chi connectivity index (χ3v) is 6.75. The average molecular weight is 383 g/mol. The van der Waals surface area contributed by atoms with Crippen LogP contribution in [0.2, 0.25) is 0 Å². The van der Waals surface area contributed by atoms with Crippen molar-refractivity contribution in [3.05, 3.63) is 42.0 Å². The smallest absolute Gasteiger partial charge is 0.307 e. The molecule has 0 spiro atoms. The lowest BCUT2D eigenvalue weighted by Gasteiger charge is -2.36. The lowest BCUT2D eigenvalue weighted by Crippen LogP contribution is -2.38. The standard InChI is InChI=1S/C20H27ClO3S/c1-15-8-10-16(11-9-15)25(23)18(21)20(12-6-5-7-13-20)14-17(22)24-19(2,3)4/h6,8-12,18H,5,7,13-14H2,1-4H3/t18?,20-,25-/m1/s1. The van der Waals surface area contributed by atoms with Crippen LogP contribution in [-0.2, 0) is 20.3 Å². The number of halogens is 1. The summed E-state index contributed by atoms with van der Waals surface area (Å²) in [5.74, 6) is -0.300. The van der Waals surface area contributed by atoms with Crippen LogP contribution in [0.15, 0.2) is 41.3 Å². The van der Waals surface area contributed by atoms with Crippen LogP contribution in [0.3, 0.4) is 0 Å². The van der Waals surface area contributed by atoms with E-state index in [1.807, 2.05) is 64.1 Å². The Morgan fingerprint density at radius 3 is 2.48 bits per heavy atom. The molecule has 2 rings (SSSR count). The first-order valence-corrected chi connectivity index (χ1v) is 10.3. The van der Waals surface area contributed by atoms with Gasteiger partial charge in [0.1, 0.15) is 10.3 Å². The van der Waals surface area contributed by atoms with Crippen LogP contribution < -0.4 is 0 Å². The van der Waals surface area contributed by atoms with Gasteiger partial charge in [0.25, 0.3) is 0 Å². The highest BCUT2D eigenvalue weighted by molar-refractivity contribution is 7.87. The first-order chi connectivity index (χ1) is 11.6. The number of carbonyl (C=O) groups excluding carboxylic acids is 1. The SMILES string of the molecule is Cc1ccc([S@@](=O)C(Cl)[C@]2(CC(=O)OC(C)(C)C)C=CCCC2)cc1. The van der Waals surface area contributed by atoms with Gasteiger partial charge in [-0.05, 0) is 59.1 Å². The third kappa shape index (κ3) is 5.42. The summed E-state index contributed by atoms with van der Waals surface area (Å²) in [5.41, 5.74) is -0.0835. The van der Waals surface area contributed by atoms with Crippen molar-refractivity contribution < 1.29 is 13.7 Å². The summed E-state index contributed by atoms with van der Waals surface area (Å²) >= 11 is 6.70. The van der Waals surface area contributed by atoms with Crippen LogP contribution >= 0.6 is 11.6 Å². The van der Waals surface area contributed by atoms with E-state index in [9.17, 15) is 9.00 Å². The summed E-state index contributed by atoms with van der Waals surface area (Å²) in [6.07, 6.45) is 6.77. The molecule has 0 saturated heterocycles. The number of hydrogen-bond acceptors (Lipinski definition) is 3. The van der Waals surface area contributed by atoms with Crippen molar-refractivity contribution in [2.45, 2.75) is 68.6 Å². The molecule has 3 atom stereocenters. The van der Waals surface area contributed by atoms with Crippen molar-refractivity contribution >= 4 is 28.4 Å². The van der Waals surface area contributed by atoms with Crippen LogP contribution in [-0.4, -0.2) is 20.5 Å². The zero-order chi connectivity index (χ0) is 18.7. The van der Waals surface area contributed by atoms with Crippen LogP contribution in [0.1, 0.15) is 52.0 Å². The second-order valence-corrected chi connectivity index (χ2v) is 9.95. The molecule has 1 aromatic rings. The molecule has 0 bridgehead atoms. The van der Waals surface area contributed by atoms with Crippen LogP contribution in [0.5, 0.6) is 0 Å². The van der Waals surface area contributed by atoms with Gasteiger partial charge in [-0.1, -0.05) is 29.8 Å². The number of hydrogen-bond donors (Lipinski definition) is 0.